The molecule has 2 N–H and O–H groups in total. The zero-order chi connectivity index (χ0) is 9.97. The summed E-state index contributed by atoms with van der Waals surface area (Å²) < 4.78 is 0. The van der Waals surface area contributed by atoms with Crippen molar-refractivity contribution in [2.45, 2.75) is 37.8 Å². The Labute approximate surface area is 91.6 Å². The fourth-order valence-electron chi connectivity index (χ4n) is 2.49. The zero-order valence-corrected chi connectivity index (χ0v) is 9.93. The third-order valence-electron chi connectivity index (χ3n) is 3.64. The molecular formula is C11H22N2S. The summed E-state index contributed by atoms with van der Waals surface area (Å²) in [6.45, 7) is 0.850. The maximum Gasteiger partial charge on any atom is 0.0246 e. The van der Waals surface area contributed by atoms with Crippen molar-refractivity contribution in [3.63, 3.8) is 0 Å². The molecule has 82 valence electrons. The lowest BCUT2D eigenvalue weighted by molar-refractivity contribution is 0.163. The summed E-state index contributed by atoms with van der Waals surface area (Å²) in [4.78, 5) is 2.57. The Kier molecular flexibility index (Phi) is 3.74. The van der Waals surface area contributed by atoms with E-state index in [4.69, 9.17) is 5.73 Å². The normalized spacial score (nSPS) is 30.6. The van der Waals surface area contributed by atoms with Crippen LogP contribution in [0.3, 0.4) is 0 Å². The van der Waals surface area contributed by atoms with Crippen LogP contribution >= 0.6 is 11.8 Å². The number of rotatable bonds is 4. The summed E-state index contributed by atoms with van der Waals surface area (Å²) in [6.07, 6.45) is 5.59. The van der Waals surface area contributed by atoms with Gasteiger partial charge in [0.1, 0.15) is 0 Å². The Morgan fingerprint density at radius 1 is 1.43 bits per heavy atom. The molecule has 1 heterocycles. The second-order valence-electron chi connectivity index (χ2n) is 4.68. The van der Waals surface area contributed by atoms with Crippen molar-refractivity contribution in [2.24, 2.45) is 11.7 Å². The van der Waals surface area contributed by atoms with Crippen molar-refractivity contribution < 1.29 is 0 Å². The number of likely N-dealkylation sites (N-methyl/N-ethyl adjacent to an activating group) is 1. The molecule has 3 heteroatoms. The second kappa shape index (κ2) is 4.86. The van der Waals surface area contributed by atoms with Gasteiger partial charge < -0.3 is 5.73 Å². The number of nitrogens with zero attached hydrogens (tertiary/aromatic N) is 1. The Morgan fingerprint density at radius 2 is 2.21 bits per heavy atom. The lowest BCUT2D eigenvalue weighted by atomic mass is 10.1. The van der Waals surface area contributed by atoms with Crippen LogP contribution in [0.4, 0.5) is 0 Å². The van der Waals surface area contributed by atoms with E-state index < -0.39 is 0 Å². The van der Waals surface area contributed by atoms with E-state index in [-0.39, 0.29) is 0 Å². The minimum Gasteiger partial charge on any atom is -0.329 e. The molecule has 0 spiro atoms. The summed E-state index contributed by atoms with van der Waals surface area (Å²) in [5.74, 6) is 3.60. The maximum absolute atomic E-state index is 5.87. The molecule has 0 aromatic rings. The van der Waals surface area contributed by atoms with Gasteiger partial charge in [-0.05, 0) is 44.4 Å². The van der Waals surface area contributed by atoms with Crippen LogP contribution in [0.5, 0.6) is 0 Å². The number of nitrogens with two attached hydrogens (primary N) is 1. The van der Waals surface area contributed by atoms with Crippen molar-refractivity contribution in [1.82, 2.24) is 4.90 Å². The Bertz CT molecular complexity index is 176. The molecule has 2 atom stereocenters. The SMILES string of the molecule is CN(C1CCCSC1)C(CN)C1CC1. The first-order valence-corrected chi connectivity index (χ1v) is 6.98. The Morgan fingerprint density at radius 3 is 2.71 bits per heavy atom. The average Bonchev–Trinajstić information content (AvgIpc) is 3.04. The van der Waals surface area contributed by atoms with Crippen molar-refractivity contribution >= 4 is 11.8 Å². The molecule has 2 unspecified atom stereocenters. The van der Waals surface area contributed by atoms with Crippen molar-refractivity contribution in [3.05, 3.63) is 0 Å². The largest absolute Gasteiger partial charge is 0.329 e. The Balaban J connectivity index is 1.86. The summed E-state index contributed by atoms with van der Waals surface area (Å²) in [5, 5.41) is 0. The van der Waals surface area contributed by atoms with Crippen molar-refractivity contribution in [1.29, 1.82) is 0 Å². The highest BCUT2D eigenvalue weighted by Gasteiger charge is 2.35. The van der Waals surface area contributed by atoms with E-state index in [0.717, 1.165) is 18.5 Å². The summed E-state index contributed by atoms with van der Waals surface area (Å²) in [5.41, 5.74) is 5.87. The Hall–Kier alpha value is 0.270. The molecular weight excluding hydrogens is 192 g/mol. The van der Waals surface area contributed by atoms with Crippen LogP contribution in [0.25, 0.3) is 0 Å². The van der Waals surface area contributed by atoms with Crippen molar-refractivity contribution in [3.8, 4) is 0 Å². The number of thioether (sulfide) groups is 1. The van der Waals surface area contributed by atoms with E-state index in [1.165, 1.54) is 37.2 Å². The van der Waals surface area contributed by atoms with Crippen molar-refractivity contribution in [2.75, 3.05) is 25.1 Å². The molecule has 14 heavy (non-hydrogen) atoms. The van der Waals surface area contributed by atoms with E-state index in [1.807, 2.05) is 0 Å². The summed E-state index contributed by atoms with van der Waals surface area (Å²) in [6, 6.07) is 1.46. The molecule has 2 aliphatic rings. The minimum atomic E-state index is 0.665. The molecule has 1 aliphatic heterocycles. The highest BCUT2D eigenvalue weighted by molar-refractivity contribution is 7.99. The smallest absolute Gasteiger partial charge is 0.0246 e. The quantitative estimate of drug-likeness (QED) is 0.770. The van der Waals surface area contributed by atoms with Gasteiger partial charge in [-0.25, -0.2) is 0 Å². The van der Waals surface area contributed by atoms with Crippen LogP contribution < -0.4 is 5.73 Å². The van der Waals surface area contributed by atoms with Gasteiger partial charge in [0, 0.05) is 24.4 Å². The van der Waals surface area contributed by atoms with Crippen LogP contribution in [0.1, 0.15) is 25.7 Å². The van der Waals surface area contributed by atoms with Gasteiger partial charge in [0.05, 0.1) is 0 Å². The number of hydrogen-bond donors (Lipinski definition) is 1. The lowest BCUT2D eigenvalue weighted by Crippen LogP contribution is -2.47. The van der Waals surface area contributed by atoms with Crippen LogP contribution in [0.2, 0.25) is 0 Å². The standard InChI is InChI=1S/C11H22N2S/c1-13(10-3-2-6-14-8-10)11(7-12)9-4-5-9/h9-11H,2-8,12H2,1H3. The van der Waals surface area contributed by atoms with Crippen LogP contribution in [-0.2, 0) is 0 Å². The molecule has 1 saturated carbocycles. The number of hydrogen-bond acceptors (Lipinski definition) is 3. The van der Waals surface area contributed by atoms with Gasteiger partial charge in [0.25, 0.3) is 0 Å². The van der Waals surface area contributed by atoms with Crippen LogP contribution in [-0.4, -0.2) is 42.1 Å². The van der Waals surface area contributed by atoms with E-state index in [9.17, 15) is 0 Å². The third-order valence-corrected chi connectivity index (χ3v) is 4.84. The minimum absolute atomic E-state index is 0.665. The molecule has 1 aliphatic carbocycles. The van der Waals surface area contributed by atoms with Gasteiger partial charge in [-0.2, -0.15) is 11.8 Å². The first-order valence-electron chi connectivity index (χ1n) is 5.82. The lowest BCUT2D eigenvalue weighted by Gasteiger charge is -2.36. The summed E-state index contributed by atoms with van der Waals surface area (Å²) >= 11 is 2.11. The van der Waals surface area contributed by atoms with Gasteiger partial charge in [-0.3, -0.25) is 4.90 Å². The third kappa shape index (κ3) is 2.44. The summed E-state index contributed by atoms with van der Waals surface area (Å²) in [7, 11) is 2.28. The highest BCUT2D eigenvalue weighted by atomic mass is 32.2. The topological polar surface area (TPSA) is 29.3 Å². The first-order chi connectivity index (χ1) is 6.83. The molecule has 0 radical (unpaired) electrons. The maximum atomic E-state index is 5.87. The van der Waals surface area contributed by atoms with E-state index in [2.05, 4.69) is 23.7 Å². The highest BCUT2D eigenvalue weighted by Crippen LogP contribution is 2.36. The van der Waals surface area contributed by atoms with Gasteiger partial charge in [0.15, 0.2) is 0 Å². The van der Waals surface area contributed by atoms with Crippen LogP contribution in [0.15, 0.2) is 0 Å². The van der Waals surface area contributed by atoms with E-state index >= 15 is 0 Å². The molecule has 0 aromatic carbocycles. The molecule has 2 nitrogen and oxygen atoms in total. The molecule has 2 fully saturated rings. The molecule has 2 rings (SSSR count). The predicted molar refractivity (Wildman–Crippen MR) is 63.7 cm³/mol. The van der Waals surface area contributed by atoms with Gasteiger partial charge in [-0.1, -0.05) is 0 Å². The first kappa shape index (κ1) is 10.8. The fourth-order valence-corrected chi connectivity index (χ4v) is 3.70. The second-order valence-corrected chi connectivity index (χ2v) is 5.83. The molecule has 0 aromatic heterocycles. The molecule has 1 saturated heterocycles. The monoisotopic (exact) mass is 214 g/mol. The van der Waals surface area contributed by atoms with E-state index in [0.29, 0.717) is 6.04 Å². The molecule has 0 bridgehead atoms. The fraction of sp³-hybridized carbons (Fsp3) is 1.00. The van der Waals surface area contributed by atoms with Crippen LogP contribution in [0, 0.1) is 5.92 Å². The average molecular weight is 214 g/mol. The zero-order valence-electron chi connectivity index (χ0n) is 9.11. The van der Waals surface area contributed by atoms with E-state index in [1.54, 1.807) is 0 Å². The van der Waals surface area contributed by atoms with Gasteiger partial charge in [0.2, 0.25) is 0 Å². The molecule has 0 amide bonds. The van der Waals surface area contributed by atoms with Gasteiger partial charge in [-0.15, -0.1) is 0 Å². The predicted octanol–water partition coefficient (Wildman–Crippen LogP) is 1.55. The van der Waals surface area contributed by atoms with Gasteiger partial charge >= 0.3 is 0 Å².